The normalized spacial score (nSPS) is 10.0. The molecular formula is C14H10Cl2N2O3. The van der Waals surface area contributed by atoms with Crippen LogP contribution in [0.3, 0.4) is 0 Å². The first-order valence-electron chi connectivity index (χ1n) is 5.83. The molecule has 0 atom stereocenters. The van der Waals surface area contributed by atoms with Crippen LogP contribution in [-0.4, -0.2) is 24.0 Å². The number of carbonyl (C=O) groups excluding carboxylic acids is 2. The second-order valence-electron chi connectivity index (χ2n) is 3.96. The molecule has 2 rings (SSSR count). The zero-order valence-electron chi connectivity index (χ0n) is 10.9. The third-order valence-corrected chi connectivity index (χ3v) is 3.39. The van der Waals surface area contributed by atoms with E-state index in [1.165, 1.54) is 25.3 Å². The van der Waals surface area contributed by atoms with E-state index in [1.807, 2.05) is 0 Å². The van der Waals surface area contributed by atoms with Gasteiger partial charge in [-0.2, -0.15) is 0 Å². The number of nitrogens with zero attached hydrogens (tertiary/aromatic N) is 1. The van der Waals surface area contributed by atoms with Crippen molar-refractivity contribution in [2.45, 2.75) is 0 Å². The molecule has 1 aromatic carbocycles. The van der Waals surface area contributed by atoms with E-state index in [4.69, 9.17) is 23.2 Å². The Kier molecular flexibility index (Phi) is 4.77. The van der Waals surface area contributed by atoms with Crippen LogP contribution in [0.15, 0.2) is 36.4 Å². The predicted octanol–water partition coefficient (Wildman–Crippen LogP) is 3.43. The molecule has 1 amide bonds. The SMILES string of the molecule is COC(=O)c1cccc(C(=O)Nc2cccc(Cl)c2Cl)n1. The number of amides is 1. The first-order chi connectivity index (χ1) is 10.0. The molecule has 1 aromatic heterocycles. The Morgan fingerprint density at radius 3 is 2.48 bits per heavy atom. The van der Waals surface area contributed by atoms with Crippen LogP contribution in [0.4, 0.5) is 5.69 Å². The number of ether oxygens (including phenoxy) is 1. The summed E-state index contributed by atoms with van der Waals surface area (Å²) >= 11 is 11.9. The number of anilines is 1. The van der Waals surface area contributed by atoms with Crippen molar-refractivity contribution < 1.29 is 14.3 Å². The van der Waals surface area contributed by atoms with Crippen LogP contribution >= 0.6 is 23.2 Å². The van der Waals surface area contributed by atoms with Crippen LogP contribution < -0.4 is 5.32 Å². The molecule has 7 heteroatoms. The minimum absolute atomic E-state index is 0.0438. The molecule has 0 aliphatic carbocycles. The van der Waals surface area contributed by atoms with Gasteiger partial charge in [-0.25, -0.2) is 9.78 Å². The molecule has 5 nitrogen and oxygen atoms in total. The van der Waals surface area contributed by atoms with Crippen molar-refractivity contribution in [3.8, 4) is 0 Å². The number of hydrogen-bond donors (Lipinski definition) is 1. The van der Waals surface area contributed by atoms with Gasteiger partial charge in [0.1, 0.15) is 11.4 Å². The fourth-order valence-electron chi connectivity index (χ4n) is 1.57. The molecule has 0 aliphatic heterocycles. The molecule has 21 heavy (non-hydrogen) atoms. The minimum atomic E-state index is -0.620. The lowest BCUT2D eigenvalue weighted by Gasteiger charge is -2.08. The number of benzene rings is 1. The third kappa shape index (κ3) is 3.51. The summed E-state index contributed by atoms with van der Waals surface area (Å²) in [4.78, 5) is 27.4. The zero-order chi connectivity index (χ0) is 15.4. The van der Waals surface area contributed by atoms with Crippen molar-refractivity contribution in [3.63, 3.8) is 0 Å². The molecule has 0 saturated carbocycles. The molecule has 0 saturated heterocycles. The van der Waals surface area contributed by atoms with E-state index in [-0.39, 0.29) is 16.4 Å². The average Bonchev–Trinajstić information content (AvgIpc) is 2.51. The highest BCUT2D eigenvalue weighted by atomic mass is 35.5. The van der Waals surface area contributed by atoms with Gasteiger partial charge in [0.25, 0.3) is 5.91 Å². The van der Waals surface area contributed by atoms with E-state index in [9.17, 15) is 9.59 Å². The number of nitrogens with one attached hydrogen (secondary N) is 1. The van der Waals surface area contributed by atoms with E-state index in [1.54, 1.807) is 18.2 Å². The van der Waals surface area contributed by atoms with Crippen LogP contribution in [0.1, 0.15) is 21.0 Å². The van der Waals surface area contributed by atoms with E-state index in [0.29, 0.717) is 10.7 Å². The van der Waals surface area contributed by atoms with Gasteiger partial charge < -0.3 is 10.1 Å². The maximum absolute atomic E-state index is 12.1. The Morgan fingerprint density at radius 2 is 1.76 bits per heavy atom. The van der Waals surface area contributed by atoms with E-state index in [2.05, 4.69) is 15.0 Å². The number of pyridine rings is 1. The van der Waals surface area contributed by atoms with E-state index >= 15 is 0 Å². The summed E-state index contributed by atoms with van der Waals surface area (Å²) in [6.45, 7) is 0. The number of aromatic nitrogens is 1. The summed E-state index contributed by atoms with van der Waals surface area (Å²) in [7, 11) is 1.24. The number of hydrogen-bond acceptors (Lipinski definition) is 4. The first-order valence-corrected chi connectivity index (χ1v) is 6.59. The van der Waals surface area contributed by atoms with Gasteiger partial charge in [0.15, 0.2) is 0 Å². The lowest BCUT2D eigenvalue weighted by atomic mass is 10.2. The Labute approximate surface area is 130 Å². The molecule has 0 radical (unpaired) electrons. The van der Waals surface area contributed by atoms with Crippen molar-refractivity contribution in [2.75, 3.05) is 12.4 Å². The molecule has 108 valence electrons. The van der Waals surface area contributed by atoms with Crippen molar-refractivity contribution in [2.24, 2.45) is 0 Å². The largest absolute Gasteiger partial charge is 0.464 e. The number of carbonyl (C=O) groups is 2. The van der Waals surface area contributed by atoms with E-state index < -0.39 is 11.9 Å². The highest BCUT2D eigenvalue weighted by Gasteiger charge is 2.14. The summed E-state index contributed by atoms with van der Waals surface area (Å²) in [5.41, 5.74) is 0.468. The number of halogens is 2. The van der Waals surface area contributed by atoms with Gasteiger partial charge in [0.2, 0.25) is 0 Å². The van der Waals surface area contributed by atoms with Crippen molar-refractivity contribution in [1.82, 2.24) is 4.98 Å². The van der Waals surface area contributed by atoms with E-state index in [0.717, 1.165) is 0 Å². The first kappa shape index (κ1) is 15.3. The monoisotopic (exact) mass is 324 g/mol. The van der Waals surface area contributed by atoms with Gasteiger partial charge in [-0.3, -0.25) is 4.79 Å². The summed E-state index contributed by atoms with van der Waals surface area (Å²) in [6.07, 6.45) is 0. The molecule has 0 unspecified atom stereocenters. The molecule has 0 fully saturated rings. The molecule has 2 aromatic rings. The summed E-state index contributed by atoms with van der Waals surface area (Å²) in [5.74, 6) is -1.13. The summed E-state index contributed by atoms with van der Waals surface area (Å²) in [6, 6.07) is 9.33. The van der Waals surface area contributed by atoms with Crippen molar-refractivity contribution in [1.29, 1.82) is 0 Å². The highest BCUT2D eigenvalue weighted by molar-refractivity contribution is 6.44. The molecule has 1 N–H and O–H groups in total. The standard InChI is InChI=1S/C14H10Cl2N2O3/c1-21-14(20)11-7-3-6-10(17-11)13(19)18-9-5-2-4-8(15)12(9)16/h2-7H,1H3,(H,18,19). The fourth-order valence-corrected chi connectivity index (χ4v) is 1.91. The van der Waals surface area contributed by atoms with Crippen LogP contribution in [0.25, 0.3) is 0 Å². The van der Waals surface area contributed by atoms with Gasteiger partial charge in [0.05, 0.1) is 22.8 Å². The molecular weight excluding hydrogens is 315 g/mol. The van der Waals surface area contributed by atoms with Gasteiger partial charge in [-0.05, 0) is 24.3 Å². The zero-order valence-corrected chi connectivity index (χ0v) is 12.4. The average molecular weight is 325 g/mol. The Balaban J connectivity index is 2.25. The van der Waals surface area contributed by atoms with Gasteiger partial charge >= 0.3 is 5.97 Å². The lowest BCUT2D eigenvalue weighted by molar-refractivity contribution is 0.0594. The van der Waals surface area contributed by atoms with Crippen LogP contribution in [0.2, 0.25) is 10.0 Å². The minimum Gasteiger partial charge on any atom is -0.464 e. The molecule has 1 heterocycles. The van der Waals surface area contributed by atoms with Crippen LogP contribution in [0.5, 0.6) is 0 Å². The molecule has 0 aliphatic rings. The molecule has 0 bridgehead atoms. The third-order valence-electron chi connectivity index (χ3n) is 2.58. The lowest BCUT2D eigenvalue weighted by Crippen LogP contribution is -2.16. The smallest absolute Gasteiger partial charge is 0.356 e. The summed E-state index contributed by atoms with van der Waals surface area (Å²) < 4.78 is 4.55. The Hall–Kier alpha value is -2.11. The molecule has 0 spiro atoms. The van der Waals surface area contributed by atoms with Crippen molar-refractivity contribution >= 4 is 40.8 Å². The summed E-state index contributed by atoms with van der Waals surface area (Å²) in [5, 5.41) is 3.14. The topological polar surface area (TPSA) is 68.3 Å². The predicted molar refractivity (Wildman–Crippen MR) is 80.0 cm³/mol. The Morgan fingerprint density at radius 1 is 1.10 bits per heavy atom. The van der Waals surface area contributed by atoms with Gasteiger partial charge in [-0.1, -0.05) is 35.3 Å². The number of esters is 1. The Bertz CT molecular complexity index is 704. The van der Waals surface area contributed by atoms with Gasteiger partial charge in [0, 0.05) is 0 Å². The van der Waals surface area contributed by atoms with Crippen LogP contribution in [0, 0.1) is 0 Å². The maximum Gasteiger partial charge on any atom is 0.356 e. The van der Waals surface area contributed by atoms with Crippen LogP contribution in [-0.2, 0) is 4.74 Å². The quantitative estimate of drug-likeness (QED) is 0.878. The second-order valence-corrected chi connectivity index (χ2v) is 4.74. The number of rotatable bonds is 3. The second kappa shape index (κ2) is 6.56. The van der Waals surface area contributed by atoms with Crippen molar-refractivity contribution in [3.05, 3.63) is 57.8 Å². The highest BCUT2D eigenvalue weighted by Crippen LogP contribution is 2.29. The maximum atomic E-state index is 12.1. The van der Waals surface area contributed by atoms with Gasteiger partial charge in [-0.15, -0.1) is 0 Å². The fraction of sp³-hybridized carbons (Fsp3) is 0.0714. The number of methoxy groups -OCH3 is 1.